The third-order valence-corrected chi connectivity index (χ3v) is 9.25. The Labute approximate surface area is 237 Å². The Hall–Kier alpha value is -3.09. The molecule has 1 aromatic heterocycles. The lowest BCUT2D eigenvalue weighted by atomic mass is 10.1. The van der Waals surface area contributed by atoms with Crippen molar-refractivity contribution in [2.75, 3.05) is 27.3 Å². The van der Waals surface area contributed by atoms with Gasteiger partial charge in [0.1, 0.15) is 0 Å². The number of ether oxygens (including phenoxy) is 2. The summed E-state index contributed by atoms with van der Waals surface area (Å²) in [5, 5.41) is 0. The molecule has 0 unspecified atom stereocenters. The van der Waals surface area contributed by atoms with Crippen LogP contribution in [-0.2, 0) is 34.0 Å². The molecule has 0 atom stereocenters. The molecule has 0 saturated heterocycles. The largest absolute Gasteiger partial charge is 0.493 e. The van der Waals surface area contributed by atoms with Crippen molar-refractivity contribution in [3.8, 4) is 11.5 Å². The first-order valence-corrected chi connectivity index (χ1v) is 14.7. The quantitative estimate of drug-likeness (QED) is 0.265. The van der Waals surface area contributed by atoms with Gasteiger partial charge in [0, 0.05) is 22.3 Å². The fourth-order valence-electron chi connectivity index (χ4n) is 4.10. The Kier molecular flexibility index (Phi) is 10.3. The molecule has 0 bridgehead atoms. The number of thiophene rings is 1. The summed E-state index contributed by atoms with van der Waals surface area (Å²) < 4.78 is 78.3. The molecule has 40 heavy (non-hydrogen) atoms. The van der Waals surface area contributed by atoms with Crippen LogP contribution in [0.3, 0.4) is 0 Å². The van der Waals surface area contributed by atoms with E-state index in [4.69, 9.17) is 9.47 Å². The van der Waals surface area contributed by atoms with Gasteiger partial charge in [-0.15, -0.1) is 11.3 Å². The monoisotopic (exact) mass is 598 g/mol. The standard InChI is InChI=1S/C28H33F3N2O5S2/c1-19(2)33(40(35,36)24-8-6-7-22(16-24)28(29,30)31)18-27(34)32(17-23-11-9-20(3)39-23)14-13-21-10-12-25(37-4)26(15-21)38-5/h6-12,15-16,19H,13-14,17-18H2,1-5H3. The number of aryl methyl sites for hydroxylation is 1. The maximum absolute atomic E-state index is 13.6. The number of sulfonamides is 1. The molecule has 1 amide bonds. The van der Waals surface area contributed by atoms with E-state index in [9.17, 15) is 26.4 Å². The first-order chi connectivity index (χ1) is 18.8. The van der Waals surface area contributed by atoms with Crippen LogP contribution in [0.1, 0.15) is 34.7 Å². The molecule has 1 heterocycles. The first-order valence-electron chi connectivity index (χ1n) is 12.5. The van der Waals surface area contributed by atoms with Crippen molar-refractivity contribution < 1.29 is 35.9 Å². The van der Waals surface area contributed by atoms with E-state index in [-0.39, 0.29) is 13.1 Å². The molecular formula is C28H33F3N2O5S2. The number of nitrogens with zero attached hydrogens (tertiary/aromatic N) is 2. The minimum absolute atomic E-state index is 0.264. The number of hydrogen-bond donors (Lipinski definition) is 0. The van der Waals surface area contributed by atoms with E-state index < -0.39 is 45.2 Å². The molecule has 0 saturated carbocycles. The van der Waals surface area contributed by atoms with E-state index in [0.717, 1.165) is 37.8 Å². The van der Waals surface area contributed by atoms with Gasteiger partial charge in [-0.05, 0) is 75.2 Å². The van der Waals surface area contributed by atoms with Crippen molar-refractivity contribution in [2.45, 2.75) is 50.9 Å². The van der Waals surface area contributed by atoms with Gasteiger partial charge in [-0.3, -0.25) is 4.79 Å². The van der Waals surface area contributed by atoms with E-state index in [1.807, 2.05) is 31.2 Å². The van der Waals surface area contributed by atoms with Gasteiger partial charge in [-0.1, -0.05) is 12.1 Å². The molecule has 0 radical (unpaired) electrons. The predicted molar refractivity (Wildman–Crippen MR) is 148 cm³/mol. The summed E-state index contributed by atoms with van der Waals surface area (Å²) in [7, 11) is -1.34. The summed E-state index contributed by atoms with van der Waals surface area (Å²) in [5.74, 6) is 0.654. The number of rotatable bonds is 12. The summed E-state index contributed by atoms with van der Waals surface area (Å²) in [6, 6.07) is 12.2. The predicted octanol–water partition coefficient (Wildman–Crippen LogP) is 5.76. The van der Waals surface area contributed by atoms with Crippen molar-refractivity contribution in [1.29, 1.82) is 0 Å². The highest BCUT2D eigenvalue weighted by atomic mass is 32.2. The average Bonchev–Trinajstić information content (AvgIpc) is 3.32. The van der Waals surface area contributed by atoms with Crippen molar-refractivity contribution >= 4 is 27.3 Å². The van der Waals surface area contributed by atoms with Crippen LogP contribution >= 0.6 is 11.3 Å². The van der Waals surface area contributed by atoms with Gasteiger partial charge >= 0.3 is 6.18 Å². The third-order valence-electron chi connectivity index (χ3n) is 6.25. The zero-order chi connectivity index (χ0) is 29.7. The Morgan fingerprint density at radius 1 is 1.00 bits per heavy atom. The SMILES string of the molecule is COc1ccc(CCN(Cc2ccc(C)s2)C(=O)CN(C(C)C)S(=O)(=O)c2cccc(C(F)(F)F)c2)cc1OC. The minimum atomic E-state index is -4.70. The molecule has 0 fully saturated rings. The summed E-state index contributed by atoms with van der Waals surface area (Å²) >= 11 is 1.53. The lowest BCUT2D eigenvalue weighted by molar-refractivity contribution is -0.137. The summed E-state index contributed by atoms with van der Waals surface area (Å²) in [6.07, 6.45) is -4.25. The highest BCUT2D eigenvalue weighted by Gasteiger charge is 2.35. The normalized spacial score (nSPS) is 12.2. The molecule has 0 spiro atoms. The number of benzene rings is 2. The molecule has 0 aliphatic rings. The molecule has 0 N–H and O–H groups in total. The van der Waals surface area contributed by atoms with E-state index >= 15 is 0 Å². The smallest absolute Gasteiger partial charge is 0.416 e. The topological polar surface area (TPSA) is 76.2 Å². The highest BCUT2D eigenvalue weighted by Crippen LogP contribution is 2.32. The summed E-state index contributed by atoms with van der Waals surface area (Å²) in [4.78, 5) is 16.7. The molecule has 0 aliphatic carbocycles. The molecule has 218 valence electrons. The third kappa shape index (κ3) is 7.76. The van der Waals surface area contributed by atoms with Gasteiger partial charge in [-0.25, -0.2) is 8.42 Å². The number of hydrogen-bond acceptors (Lipinski definition) is 6. The number of methoxy groups -OCH3 is 2. The Morgan fingerprint density at radius 3 is 2.27 bits per heavy atom. The molecule has 7 nitrogen and oxygen atoms in total. The van der Waals surface area contributed by atoms with Crippen LogP contribution in [0.5, 0.6) is 11.5 Å². The van der Waals surface area contributed by atoms with Crippen LogP contribution < -0.4 is 9.47 Å². The van der Waals surface area contributed by atoms with Crippen molar-refractivity contribution in [1.82, 2.24) is 9.21 Å². The van der Waals surface area contributed by atoms with E-state index in [0.29, 0.717) is 24.0 Å². The molecule has 3 aromatic rings. The van der Waals surface area contributed by atoms with Gasteiger partial charge in [0.2, 0.25) is 15.9 Å². The molecule has 0 aliphatic heterocycles. The van der Waals surface area contributed by atoms with E-state index in [2.05, 4.69) is 0 Å². The van der Waals surface area contributed by atoms with Gasteiger partial charge < -0.3 is 14.4 Å². The molecule has 12 heteroatoms. The van der Waals surface area contributed by atoms with Gasteiger partial charge in [0.15, 0.2) is 11.5 Å². The van der Waals surface area contributed by atoms with Crippen LogP contribution in [0.2, 0.25) is 0 Å². The van der Waals surface area contributed by atoms with E-state index in [1.54, 1.807) is 24.8 Å². The van der Waals surface area contributed by atoms with Crippen LogP contribution in [0.15, 0.2) is 59.5 Å². The number of halogens is 3. The van der Waals surface area contributed by atoms with Crippen LogP contribution in [0, 0.1) is 6.92 Å². The maximum Gasteiger partial charge on any atom is 0.416 e. The molecule has 3 rings (SSSR count). The van der Waals surface area contributed by atoms with E-state index in [1.165, 1.54) is 25.6 Å². The average molecular weight is 599 g/mol. The van der Waals surface area contributed by atoms with Crippen molar-refractivity contribution in [2.24, 2.45) is 0 Å². The second-order valence-electron chi connectivity index (χ2n) is 9.44. The fraction of sp³-hybridized carbons (Fsp3) is 0.393. The zero-order valence-corrected chi connectivity index (χ0v) is 24.6. The second-order valence-corrected chi connectivity index (χ2v) is 12.7. The Balaban J connectivity index is 1.88. The lowest BCUT2D eigenvalue weighted by Gasteiger charge is -2.29. The second kappa shape index (κ2) is 13.0. The Morgan fingerprint density at radius 2 is 1.70 bits per heavy atom. The fourth-order valence-corrected chi connectivity index (χ4v) is 6.64. The van der Waals surface area contributed by atoms with Crippen LogP contribution in [0.25, 0.3) is 0 Å². The summed E-state index contributed by atoms with van der Waals surface area (Å²) in [5.41, 5.74) is -0.191. The van der Waals surface area contributed by atoms with Crippen molar-refractivity contribution in [3.05, 3.63) is 75.5 Å². The van der Waals surface area contributed by atoms with Gasteiger partial charge in [-0.2, -0.15) is 17.5 Å². The van der Waals surface area contributed by atoms with Gasteiger partial charge in [0.05, 0.1) is 37.8 Å². The number of carbonyl (C=O) groups is 1. The maximum atomic E-state index is 13.6. The zero-order valence-electron chi connectivity index (χ0n) is 23.0. The van der Waals surface area contributed by atoms with Gasteiger partial charge in [0.25, 0.3) is 0 Å². The Bertz CT molecular complexity index is 1420. The lowest BCUT2D eigenvalue weighted by Crippen LogP contribution is -2.46. The van der Waals surface area contributed by atoms with Crippen molar-refractivity contribution in [3.63, 3.8) is 0 Å². The summed E-state index contributed by atoms with van der Waals surface area (Å²) in [6.45, 7) is 5.13. The first kappa shape index (κ1) is 31.4. The molecular weight excluding hydrogens is 565 g/mol. The number of amides is 1. The van der Waals surface area contributed by atoms with Crippen LogP contribution in [-0.4, -0.2) is 56.9 Å². The van der Waals surface area contributed by atoms with Crippen LogP contribution in [0.4, 0.5) is 13.2 Å². The molecule has 2 aromatic carbocycles. The highest BCUT2D eigenvalue weighted by molar-refractivity contribution is 7.89. The number of alkyl halides is 3. The number of carbonyl (C=O) groups excluding carboxylic acids is 1. The minimum Gasteiger partial charge on any atom is -0.493 e.